The van der Waals surface area contributed by atoms with E-state index in [0.717, 1.165) is 13.1 Å². The number of hydrogen-bond acceptors (Lipinski definition) is 3. The fourth-order valence-electron chi connectivity index (χ4n) is 3.41. The van der Waals surface area contributed by atoms with Crippen LogP contribution in [0, 0.1) is 0 Å². The van der Waals surface area contributed by atoms with Gasteiger partial charge in [-0.2, -0.15) is 0 Å². The van der Waals surface area contributed by atoms with Crippen molar-refractivity contribution in [3.63, 3.8) is 0 Å². The second-order valence-electron chi connectivity index (χ2n) is 5.86. The molecular weight excluding hydrogens is 322 g/mol. The SMILES string of the molecule is Brc1ccc(CNCC2CCC3(CCCCC3)O2)s1. The Hall–Kier alpha value is 0.1000. The van der Waals surface area contributed by atoms with Gasteiger partial charge in [0.25, 0.3) is 0 Å². The third-order valence-electron chi connectivity index (χ3n) is 4.40. The maximum absolute atomic E-state index is 6.36. The summed E-state index contributed by atoms with van der Waals surface area (Å²) in [7, 11) is 0. The lowest BCUT2D eigenvalue weighted by atomic mass is 9.83. The lowest BCUT2D eigenvalue weighted by Gasteiger charge is -2.33. The highest BCUT2D eigenvalue weighted by Crippen LogP contribution is 2.41. The fraction of sp³-hybridized carbons (Fsp3) is 0.733. The van der Waals surface area contributed by atoms with E-state index in [-0.39, 0.29) is 5.60 Å². The molecule has 0 aromatic carbocycles. The Balaban J connectivity index is 1.42. The Bertz CT molecular complexity index is 414. The molecule has 1 atom stereocenters. The molecule has 4 heteroatoms. The zero-order valence-corrected chi connectivity index (χ0v) is 13.7. The van der Waals surface area contributed by atoms with Crippen LogP contribution in [0.3, 0.4) is 0 Å². The van der Waals surface area contributed by atoms with Crippen molar-refractivity contribution in [2.45, 2.75) is 63.2 Å². The predicted molar refractivity (Wildman–Crippen MR) is 83.6 cm³/mol. The van der Waals surface area contributed by atoms with Gasteiger partial charge in [-0.1, -0.05) is 19.3 Å². The number of halogens is 1. The van der Waals surface area contributed by atoms with Crippen molar-refractivity contribution in [2.24, 2.45) is 0 Å². The minimum atomic E-state index is 0.260. The molecule has 1 aromatic rings. The highest BCUT2D eigenvalue weighted by atomic mass is 79.9. The molecule has 0 bridgehead atoms. The van der Waals surface area contributed by atoms with Crippen LogP contribution in [-0.4, -0.2) is 18.2 Å². The summed E-state index contributed by atoms with van der Waals surface area (Å²) in [6.07, 6.45) is 9.67. The standard InChI is InChI=1S/C15H22BrNOS/c16-14-5-4-13(19-14)11-17-10-12-6-9-15(18-12)7-2-1-3-8-15/h4-5,12,17H,1-3,6-11H2. The maximum Gasteiger partial charge on any atom is 0.0708 e. The second-order valence-corrected chi connectivity index (χ2v) is 8.41. The maximum atomic E-state index is 6.36. The zero-order chi connectivity index (χ0) is 13.1. The molecule has 2 aliphatic rings. The molecule has 3 rings (SSSR count). The van der Waals surface area contributed by atoms with Crippen LogP contribution in [0.5, 0.6) is 0 Å². The number of thiophene rings is 1. The van der Waals surface area contributed by atoms with Crippen LogP contribution in [0.2, 0.25) is 0 Å². The molecule has 0 amide bonds. The van der Waals surface area contributed by atoms with E-state index < -0.39 is 0 Å². The van der Waals surface area contributed by atoms with Crippen LogP contribution in [0.1, 0.15) is 49.8 Å². The Morgan fingerprint density at radius 3 is 2.84 bits per heavy atom. The number of ether oxygens (including phenoxy) is 1. The van der Waals surface area contributed by atoms with Gasteiger partial charge in [0.1, 0.15) is 0 Å². The van der Waals surface area contributed by atoms with Crippen LogP contribution < -0.4 is 5.32 Å². The van der Waals surface area contributed by atoms with E-state index in [2.05, 4.69) is 33.4 Å². The Labute approximate surface area is 128 Å². The average Bonchev–Trinajstić information content (AvgIpc) is 2.99. The quantitative estimate of drug-likeness (QED) is 0.869. The molecule has 1 saturated carbocycles. The summed E-state index contributed by atoms with van der Waals surface area (Å²) >= 11 is 5.31. The van der Waals surface area contributed by atoms with E-state index in [9.17, 15) is 0 Å². The number of rotatable bonds is 4. The summed E-state index contributed by atoms with van der Waals surface area (Å²) in [5.41, 5.74) is 0.260. The van der Waals surface area contributed by atoms with E-state index in [1.165, 1.54) is 53.6 Å². The first-order valence-corrected chi connectivity index (χ1v) is 9.00. The van der Waals surface area contributed by atoms with E-state index in [4.69, 9.17) is 4.74 Å². The minimum absolute atomic E-state index is 0.260. The van der Waals surface area contributed by atoms with Gasteiger partial charge in [0.05, 0.1) is 15.5 Å². The van der Waals surface area contributed by atoms with Crippen molar-refractivity contribution in [1.82, 2.24) is 5.32 Å². The molecule has 2 nitrogen and oxygen atoms in total. The molecule has 1 N–H and O–H groups in total. The first kappa shape index (κ1) is 14.1. The molecule has 106 valence electrons. The Kier molecular flexibility index (Phi) is 4.62. The third kappa shape index (κ3) is 3.60. The summed E-state index contributed by atoms with van der Waals surface area (Å²) in [4.78, 5) is 1.39. The van der Waals surface area contributed by atoms with Gasteiger partial charge < -0.3 is 10.1 Å². The lowest BCUT2D eigenvalue weighted by molar-refractivity contribution is -0.0624. The molecule has 1 aromatic heterocycles. The molecule has 1 spiro atoms. The van der Waals surface area contributed by atoms with Crippen LogP contribution in [0.4, 0.5) is 0 Å². The van der Waals surface area contributed by atoms with Gasteiger partial charge in [0, 0.05) is 18.0 Å². The van der Waals surface area contributed by atoms with Crippen molar-refractivity contribution in [3.8, 4) is 0 Å². The summed E-state index contributed by atoms with van der Waals surface area (Å²) in [5.74, 6) is 0. The van der Waals surface area contributed by atoms with Crippen LogP contribution in [-0.2, 0) is 11.3 Å². The van der Waals surface area contributed by atoms with Crippen molar-refractivity contribution >= 4 is 27.3 Å². The first-order valence-electron chi connectivity index (χ1n) is 7.39. The van der Waals surface area contributed by atoms with Gasteiger partial charge in [-0.25, -0.2) is 0 Å². The molecule has 1 saturated heterocycles. The minimum Gasteiger partial charge on any atom is -0.370 e. The van der Waals surface area contributed by atoms with E-state index >= 15 is 0 Å². The Morgan fingerprint density at radius 1 is 1.26 bits per heavy atom. The van der Waals surface area contributed by atoms with E-state index in [1.54, 1.807) is 11.3 Å². The summed E-state index contributed by atoms with van der Waals surface area (Å²) in [6.45, 7) is 1.96. The first-order chi connectivity index (χ1) is 9.26. The highest BCUT2D eigenvalue weighted by molar-refractivity contribution is 9.11. The fourth-order valence-corrected chi connectivity index (χ4v) is 4.86. The molecule has 2 heterocycles. The van der Waals surface area contributed by atoms with E-state index in [0.29, 0.717) is 6.10 Å². The van der Waals surface area contributed by atoms with Crippen molar-refractivity contribution in [2.75, 3.05) is 6.54 Å². The molecule has 1 aliphatic heterocycles. The predicted octanol–water partition coefficient (Wildman–Crippen LogP) is 4.48. The van der Waals surface area contributed by atoms with Crippen LogP contribution >= 0.6 is 27.3 Å². The van der Waals surface area contributed by atoms with Gasteiger partial charge in [-0.05, 0) is 53.7 Å². The molecule has 0 radical (unpaired) electrons. The third-order valence-corrected chi connectivity index (χ3v) is 6.03. The molecule has 2 fully saturated rings. The largest absolute Gasteiger partial charge is 0.370 e. The van der Waals surface area contributed by atoms with Gasteiger partial charge in [0.2, 0.25) is 0 Å². The normalized spacial score (nSPS) is 26.1. The van der Waals surface area contributed by atoms with Crippen LogP contribution in [0.15, 0.2) is 15.9 Å². The molecular formula is C15H22BrNOS. The van der Waals surface area contributed by atoms with E-state index in [1.807, 2.05) is 0 Å². The summed E-state index contributed by atoms with van der Waals surface area (Å²) in [5, 5.41) is 3.54. The Morgan fingerprint density at radius 2 is 2.11 bits per heavy atom. The smallest absolute Gasteiger partial charge is 0.0708 e. The average molecular weight is 344 g/mol. The summed E-state index contributed by atoms with van der Waals surface area (Å²) < 4.78 is 7.58. The van der Waals surface area contributed by atoms with Gasteiger partial charge in [-0.3, -0.25) is 0 Å². The topological polar surface area (TPSA) is 21.3 Å². The number of hydrogen-bond donors (Lipinski definition) is 1. The van der Waals surface area contributed by atoms with Gasteiger partial charge >= 0.3 is 0 Å². The van der Waals surface area contributed by atoms with Gasteiger partial charge in [0.15, 0.2) is 0 Å². The second kappa shape index (κ2) is 6.25. The molecule has 1 unspecified atom stereocenters. The molecule has 19 heavy (non-hydrogen) atoms. The van der Waals surface area contributed by atoms with Crippen molar-refractivity contribution in [1.29, 1.82) is 0 Å². The zero-order valence-electron chi connectivity index (χ0n) is 11.3. The number of nitrogens with one attached hydrogen (secondary N) is 1. The monoisotopic (exact) mass is 343 g/mol. The lowest BCUT2D eigenvalue weighted by Crippen LogP contribution is -2.34. The molecule has 1 aliphatic carbocycles. The highest BCUT2D eigenvalue weighted by Gasteiger charge is 2.40. The van der Waals surface area contributed by atoms with Crippen molar-refractivity contribution < 1.29 is 4.74 Å². The van der Waals surface area contributed by atoms with Gasteiger partial charge in [-0.15, -0.1) is 11.3 Å². The summed E-state index contributed by atoms with van der Waals surface area (Å²) in [6, 6.07) is 4.30. The van der Waals surface area contributed by atoms with Crippen LogP contribution in [0.25, 0.3) is 0 Å². The van der Waals surface area contributed by atoms with Crippen molar-refractivity contribution in [3.05, 3.63) is 20.8 Å².